The minimum absolute atomic E-state index is 0.219. The average Bonchev–Trinajstić information content (AvgIpc) is 2.03. The van der Waals surface area contributed by atoms with Crippen LogP contribution in [0, 0.1) is 11.3 Å². The Hall–Kier alpha value is -1.11. The maximum absolute atomic E-state index is 9.09. The Morgan fingerprint density at radius 1 is 1.77 bits per heavy atom. The van der Waals surface area contributed by atoms with Gasteiger partial charge in [0.05, 0.1) is 11.1 Å². The van der Waals surface area contributed by atoms with Crippen LogP contribution in [0.15, 0.2) is 12.3 Å². The van der Waals surface area contributed by atoms with E-state index >= 15 is 0 Å². The lowest BCUT2D eigenvalue weighted by Gasteiger charge is -2.04. The molecule has 1 unspecified atom stereocenters. The number of nitrogens with zero attached hydrogens (tertiary/aromatic N) is 2. The molecule has 0 saturated heterocycles. The molecule has 13 heavy (non-hydrogen) atoms. The Bertz CT molecular complexity index is 344. The minimum Gasteiger partial charge on any atom is -0.393 e. The largest absolute Gasteiger partial charge is 0.393 e. The quantitative estimate of drug-likeness (QED) is 0.781. The summed E-state index contributed by atoms with van der Waals surface area (Å²) >= 11 is 5.75. The first-order chi connectivity index (χ1) is 6.13. The van der Waals surface area contributed by atoms with Crippen LogP contribution in [0.2, 0.25) is 5.02 Å². The SMILES string of the molecule is CC(O)Cc1cnc(C#N)c(Cl)c1. The molecule has 0 aliphatic rings. The van der Waals surface area contributed by atoms with E-state index in [1.807, 2.05) is 6.07 Å². The minimum atomic E-state index is -0.425. The predicted octanol–water partition coefficient (Wildman–Crippen LogP) is 1.53. The third-order valence-electron chi connectivity index (χ3n) is 1.53. The zero-order valence-electron chi connectivity index (χ0n) is 7.16. The van der Waals surface area contributed by atoms with E-state index in [0.29, 0.717) is 11.4 Å². The summed E-state index contributed by atoms with van der Waals surface area (Å²) < 4.78 is 0. The lowest BCUT2D eigenvalue weighted by atomic mass is 10.1. The van der Waals surface area contributed by atoms with E-state index in [0.717, 1.165) is 5.56 Å². The van der Waals surface area contributed by atoms with E-state index in [1.54, 1.807) is 19.2 Å². The standard InChI is InChI=1S/C9H9ClN2O/c1-6(13)2-7-3-8(10)9(4-11)12-5-7/h3,5-6,13H,2H2,1H3. The summed E-state index contributed by atoms with van der Waals surface area (Å²) in [6.07, 6.45) is 1.63. The molecule has 0 aromatic carbocycles. The number of aromatic nitrogens is 1. The zero-order valence-corrected chi connectivity index (χ0v) is 7.91. The summed E-state index contributed by atoms with van der Waals surface area (Å²) in [5.74, 6) is 0. The van der Waals surface area contributed by atoms with Gasteiger partial charge in [0, 0.05) is 6.20 Å². The lowest BCUT2D eigenvalue weighted by Crippen LogP contribution is -2.04. The fraction of sp³-hybridized carbons (Fsp3) is 0.333. The summed E-state index contributed by atoms with van der Waals surface area (Å²) in [5, 5.41) is 18.0. The number of halogens is 1. The molecule has 3 nitrogen and oxygen atoms in total. The number of hydrogen-bond acceptors (Lipinski definition) is 3. The van der Waals surface area contributed by atoms with E-state index < -0.39 is 6.10 Å². The molecule has 0 aliphatic carbocycles. The second-order valence-corrected chi connectivity index (χ2v) is 3.25. The molecule has 4 heteroatoms. The molecular weight excluding hydrogens is 188 g/mol. The number of aliphatic hydroxyl groups excluding tert-OH is 1. The highest BCUT2D eigenvalue weighted by molar-refractivity contribution is 6.31. The van der Waals surface area contributed by atoms with Crippen molar-refractivity contribution in [2.24, 2.45) is 0 Å². The van der Waals surface area contributed by atoms with E-state index in [4.69, 9.17) is 22.0 Å². The van der Waals surface area contributed by atoms with Crippen LogP contribution in [0.4, 0.5) is 0 Å². The van der Waals surface area contributed by atoms with Crippen LogP contribution in [-0.2, 0) is 6.42 Å². The van der Waals surface area contributed by atoms with Crippen molar-refractivity contribution in [1.29, 1.82) is 5.26 Å². The van der Waals surface area contributed by atoms with Gasteiger partial charge in [0.2, 0.25) is 0 Å². The molecule has 0 radical (unpaired) electrons. The molecule has 0 spiro atoms. The molecule has 1 atom stereocenters. The Balaban J connectivity index is 2.91. The van der Waals surface area contributed by atoms with Gasteiger partial charge in [-0.2, -0.15) is 5.26 Å². The molecule has 1 rings (SSSR count). The van der Waals surface area contributed by atoms with Crippen molar-refractivity contribution < 1.29 is 5.11 Å². The number of pyridine rings is 1. The van der Waals surface area contributed by atoms with Crippen molar-refractivity contribution in [3.05, 3.63) is 28.5 Å². The smallest absolute Gasteiger partial charge is 0.159 e. The maximum Gasteiger partial charge on any atom is 0.159 e. The van der Waals surface area contributed by atoms with Crippen LogP contribution in [0.5, 0.6) is 0 Å². The first kappa shape index (κ1) is 9.97. The Morgan fingerprint density at radius 3 is 2.92 bits per heavy atom. The number of hydrogen-bond donors (Lipinski definition) is 1. The molecule has 0 aliphatic heterocycles. The molecule has 68 valence electrons. The fourth-order valence-electron chi connectivity index (χ4n) is 1.01. The van der Waals surface area contributed by atoms with Gasteiger partial charge in [0.25, 0.3) is 0 Å². The van der Waals surface area contributed by atoms with E-state index in [2.05, 4.69) is 4.98 Å². The zero-order chi connectivity index (χ0) is 9.84. The highest BCUT2D eigenvalue weighted by Gasteiger charge is 2.04. The van der Waals surface area contributed by atoms with Crippen LogP contribution >= 0.6 is 11.6 Å². The first-order valence-electron chi connectivity index (χ1n) is 3.86. The van der Waals surface area contributed by atoms with Crippen molar-refractivity contribution in [3.8, 4) is 6.07 Å². The summed E-state index contributed by atoms with van der Waals surface area (Å²) in [6, 6.07) is 3.52. The fourth-order valence-corrected chi connectivity index (χ4v) is 1.24. The van der Waals surface area contributed by atoms with Gasteiger partial charge in [-0.3, -0.25) is 0 Å². The normalized spacial score (nSPS) is 12.2. The van der Waals surface area contributed by atoms with Gasteiger partial charge in [0.1, 0.15) is 6.07 Å². The van der Waals surface area contributed by atoms with Gasteiger partial charge >= 0.3 is 0 Å². The first-order valence-corrected chi connectivity index (χ1v) is 4.24. The summed E-state index contributed by atoms with van der Waals surface area (Å²) in [7, 11) is 0. The molecule has 0 bridgehead atoms. The van der Waals surface area contributed by atoms with E-state index in [-0.39, 0.29) is 5.69 Å². The van der Waals surface area contributed by atoms with Crippen LogP contribution in [0.3, 0.4) is 0 Å². The average molecular weight is 197 g/mol. The molecule has 1 aromatic rings. The molecule has 1 heterocycles. The second kappa shape index (κ2) is 4.22. The summed E-state index contributed by atoms with van der Waals surface area (Å²) in [6.45, 7) is 1.69. The number of nitriles is 1. The van der Waals surface area contributed by atoms with Crippen LogP contribution in [0.25, 0.3) is 0 Å². The van der Waals surface area contributed by atoms with Crippen LogP contribution in [-0.4, -0.2) is 16.2 Å². The predicted molar refractivity (Wildman–Crippen MR) is 49.3 cm³/mol. The summed E-state index contributed by atoms with van der Waals surface area (Å²) in [5.41, 5.74) is 1.05. The van der Waals surface area contributed by atoms with Gasteiger partial charge in [-0.15, -0.1) is 0 Å². The maximum atomic E-state index is 9.09. The topological polar surface area (TPSA) is 56.9 Å². The number of aliphatic hydroxyl groups is 1. The Morgan fingerprint density at radius 2 is 2.46 bits per heavy atom. The van der Waals surface area contributed by atoms with Crippen molar-refractivity contribution in [1.82, 2.24) is 4.98 Å². The highest BCUT2D eigenvalue weighted by atomic mass is 35.5. The Kier molecular flexibility index (Phi) is 3.24. The molecule has 0 fully saturated rings. The van der Waals surface area contributed by atoms with E-state index in [9.17, 15) is 0 Å². The van der Waals surface area contributed by atoms with Gasteiger partial charge in [-0.05, 0) is 25.0 Å². The molecule has 0 amide bonds. The highest BCUT2D eigenvalue weighted by Crippen LogP contribution is 2.15. The van der Waals surface area contributed by atoms with Crippen LogP contribution < -0.4 is 0 Å². The van der Waals surface area contributed by atoms with Gasteiger partial charge in [0.15, 0.2) is 5.69 Å². The van der Waals surface area contributed by atoms with E-state index in [1.165, 1.54) is 0 Å². The third kappa shape index (κ3) is 2.69. The molecular formula is C9H9ClN2O. The van der Waals surface area contributed by atoms with Crippen molar-refractivity contribution in [2.75, 3.05) is 0 Å². The lowest BCUT2D eigenvalue weighted by molar-refractivity contribution is 0.195. The number of rotatable bonds is 2. The summed E-state index contributed by atoms with van der Waals surface area (Å²) in [4.78, 5) is 3.85. The van der Waals surface area contributed by atoms with Gasteiger partial charge in [-0.1, -0.05) is 11.6 Å². The van der Waals surface area contributed by atoms with Crippen molar-refractivity contribution in [3.63, 3.8) is 0 Å². The molecule has 1 aromatic heterocycles. The molecule has 0 saturated carbocycles. The van der Waals surface area contributed by atoms with Gasteiger partial charge in [-0.25, -0.2) is 4.98 Å². The van der Waals surface area contributed by atoms with Gasteiger partial charge < -0.3 is 5.11 Å². The molecule has 1 N–H and O–H groups in total. The van der Waals surface area contributed by atoms with Crippen molar-refractivity contribution >= 4 is 11.6 Å². The van der Waals surface area contributed by atoms with Crippen LogP contribution in [0.1, 0.15) is 18.2 Å². The third-order valence-corrected chi connectivity index (χ3v) is 1.82. The second-order valence-electron chi connectivity index (χ2n) is 2.84. The van der Waals surface area contributed by atoms with Crippen molar-refractivity contribution in [2.45, 2.75) is 19.4 Å². The monoisotopic (exact) mass is 196 g/mol. The Labute approximate surface area is 81.6 Å².